The maximum Gasteiger partial charge on any atom is 0.472 e. The number of phosphoric ester groups is 1. The van der Waals surface area contributed by atoms with E-state index >= 15 is 0 Å². The zero-order valence-corrected chi connectivity index (χ0v) is 34.8. The second-order valence-corrected chi connectivity index (χ2v) is 16.0. The number of hydrogen-bond acceptors (Lipinski definition) is 9. The summed E-state index contributed by atoms with van der Waals surface area (Å²) in [5, 5.41) is 8.88. The van der Waals surface area contributed by atoms with E-state index in [1.165, 1.54) is 103 Å². The SMILES string of the molecule is C=CCCCCCCCCCCCCCCCC(=O)OC[C@H](COP(=O)(O)OC[C@H](N)C(=O)O)OC(=O)CCCCCCCCC/C=C/CCCCCC. The van der Waals surface area contributed by atoms with E-state index in [1.807, 2.05) is 6.08 Å². The van der Waals surface area contributed by atoms with Crippen molar-refractivity contribution in [3.8, 4) is 0 Å². The molecule has 0 rings (SSSR count). The molecule has 3 atom stereocenters. The highest BCUT2D eigenvalue weighted by atomic mass is 31.2. The Morgan fingerprint density at radius 1 is 0.611 bits per heavy atom. The zero-order chi connectivity index (χ0) is 40.0. The van der Waals surface area contributed by atoms with Crippen molar-refractivity contribution >= 4 is 25.7 Å². The fourth-order valence-electron chi connectivity index (χ4n) is 5.92. The molecule has 0 bridgehead atoms. The van der Waals surface area contributed by atoms with Crippen molar-refractivity contribution in [3.05, 3.63) is 24.8 Å². The van der Waals surface area contributed by atoms with E-state index in [0.717, 1.165) is 57.8 Å². The molecular weight excluding hydrogens is 709 g/mol. The average Bonchev–Trinajstić information content (AvgIpc) is 3.14. The number of carboxylic acid groups (broad SMARTS) is 1. The number of nitrogens with two attached hydrogens (primary N) is 1. The molecule has 1 unspecified atom stereocenters. The molecule has 4 N–H and O–H groups in total. The van der Waals surface area contributed by atoms with Crippen LogP contribution in [0.25, 0.3) is 0 Å². The van der Waals surface area contributed by atoms with E-state index in [9.17, 15) is 23.8 Å². The molecule has 0 aromatic heterocycles. The highest BCUT2D eigenvalue weighted by Gasteiger charge is 2.28. The number of aliphatic carboxylic acids is 1. The van der Waals surface area contributed by atoms with Crippen LogP contribution in [0.2, 0.25) is 0 Å². The Morgan fingerprint density at radius 2 is 1.02 bits per heavy atom. The Kier molecular flexibility index (Phi) is 36.4. The monoisotopic (exact) mass is 788 g/mol. The van der Waals surface area contributed by atoms with Gasteiger partial charge in [0.15, 0.2) is 6.10 Å². The summed E-state index contributed by atoms with van der Waals surface area (Å²) in [7, 11) is -4.71. The number of allylic oxidation sites excluding steroid dienone is 3. The quantitative estimate of drug-likeness (QED) is 0.0233. The lowest BCUT2D eigenvalue weighted by molar-refractivity contribution is -0.161. The number of carbonyl (C=O) groups excluding carboxylic acids is 2. The van der Waals surface area contributed by atoms with Crippen molar-refractivity contribution in [3.63, 3.8) is 0 Å². The zero-order valence-electron chi connectivity index (χ0n) is 33.9. The van der Waals surface area contributed by atoms with Gasteiger partial charge in [-0.05, 0) is 51.4 Å². The predicted octanol–water partition coefficient (Wildman–Crippen LogP) is 11.1. The van der Waals surface area contributed by atoms with Crippen molar-refractivity contribution in [1.82, 2.24) is 0 Å². The normalized spacial score (nSPS) is 13.8. The molecule has 316 valence electrons. The van der Waals surface area contributed by atoms with Gasteiger partial charge >= 0.3 is 25.7 Å². The van der Waals surface area contributed by atoms with Crippen LogP contribution in [0.5, 0.6) is 0 Å². The maximum absolute atomic E-state index is 12.6. The Hall–Kier alpha value is -2.04. The molecule has 11 nitrogen and oxygen atoms in total. The molecule has 0 amide bonds. The predicted molar refractivity (Wildman–Crippen MR) is 217 cm³/mol. The second kappa shape index (κ2) is 37.9. The van der Waals surface area contributed by atoms with E-state index in [-0.39, 0.29) is 19.4 Å². The summed E-state index contributed by atoms with van der Waals surface area (Å²) in [6.45, 7) is 4.31. The molecule has 0 spiro atoms. The molecule has 0 aliphatic carbocycles. The van der Waals surface area contributed by atoms with Crippen LogP contribution in [0, 0.1) is 0 Å². The third kappa shape index (κ3) is 36.9. The van der Waals surface area contributed by atoms with Gasteiger partial charge in [0.2, 0.25) is 0 Å². The number of esters is 2. The van der Waals surface area contributed by atoms with Crippen molar-refractivity contribution in [2.45, 2.75) is 205 Å². The van der Waals surface area contributed by atoms with Crippen LogP contribution in [0.3, 0.4) is 0 Å². The lowest BCUT2D eigenvalue weighted by Gasteiger charge is -2.20. The number of unbranched alkanes of at least 4 members (excludes halogenated alkanes) is 24. The first-order valence-corrected chi connectivity index (χ1v) is 22.8. The smallest absolute Gasteiger partial charge is 0.472 e. The molecule has 0 aliphatic heterocycles. The molecule has 54 heavy (non-hydrogen) atoms. The van der Waals surface area contributed by atoms with Gasteiger partial charge in [0.05, 0.1) is 13.2 Å². The van der Waals surface area contributed by atoms with Gasteiger partial charge in [-0.25, -0.2) is 4.57 Å². The van der Waals surface area contributed by atoms with Crippen LogP contribution < -0.4 is 5.73 Å². The summed E-state index contributed by atoms with van der Waals surface area (Å²) in [6, 6.07) is -1.52. The molecule has 0 saturated carbocycles. The van der Waals surface area contributed by atoms with E-state index in [2.05, 4.69) is 30.2 Å². The van der Waals surface area contributed by atoms with Gasteiger partial charge in [0.25, 0.3) is 0 Å². The third-order valence-corrected chi connectivity index (χ3v) is 10.3. The van der Waals surface area contributed by atoms with Gasteiger partial charge in [-0.2, -0.15) is 0 Å². The van der Waals surface area contributed by atoms with Crippen molar-refractivity contribution in [1.29, 1.82) is 0 Å². The lowest BCUT2D eigenvalue weighted by Crippen LogP contribution is -2.34. The van der Waals surface area contributed by atoms with Crippen LogP contribution in [0.15, 0.2) is 24.8 Å². The minimum Gasteiger partial charge on any atom is -0.480 e. The minimum atomic E-state index is -4.71. The number of carbonyl (C=O) groups is 3. The molecule has 0 aromatic carbocycles. The Bertz CT molecular complexity index is 1010. The van der Waals surface area contributed by atoms with E-state index in [1.54, 1.807) is 0 Å². The Balaban J connectivity index is 4.35. The van der Waals surface area contributed by atoms with Gasteiger partial charge < -0.3 is 25.2 Å². The topological polar surface area (TPSA) is 172 Å². The largest absolute Gasteiger partial charge is 0.480 e. The molecule has 0 saturated heterocycles. The molecule has 0 radical (unpaired) electrons. The molecule has 0 fully saturated rings. The van der Waals surface area contributed by atoms with Gasteiger partial charge in [0.1, 0.15) is 12.6 Å². The highest BCUT2D eigenvalue weighted by Crippen LogP contribution is 2.43. The number of ether oxygens (including phenoxy) is 2. The fraction of sp³-hybridized carbons (Fsp3) is 0.833. The highest BCUT2D eigenvalue weighted by molar-refractivity contribution is 7.47. The van der Waals surface area contributed by atoms with Gasteiger partial charge in [0, 0.05) is 12.8 Å². The number of rotatable bonds is 41. The summed E-state index contributed by atoms with van der Waals surface area (Å²) in [6.07, 6.45) is 37.0. The number of phosphoric acid groups is 1. The van der Waals surface area contributed by atoms with E-state index < -0.39 is 51.1 Å². The van der Waals surface area contributed by atoms with E-state index in [4.69, 9.17) is 24.8 Å². The van der Waals surface area contributed by atoms with Gasteiger partial charge in [-0.15, -0.1) is 6.58 Å². The van der Waals surface area contributed by atoms with Crippen LogP contribution in [0.1, 0.15) is 193 Å². The summed E-state index contributed by atoms with van der Waals surface area (Å²) < 4.78 is 32.7. The van der Waals surface area contributed by atoms with Crippen molar-refractivity contribution in [2.24, 2.45) is 5.73 Å². The molecule has 0 aliphatic rings. The van der Waals surface area contributed by atoms with Crippen LogP contribution in [-0.4, -0.2) is 59.9 Å². The van der Waals surface area contributed by atoms with E-state index in [0.29, 0.717) is 12.8 Å². The lowest BCUT2D eigenvalue weighted by atomic mass is 10.0. The first-order chi connectivity index (χ1) is 26.1. The Labute approximate surface area is 328 Å². The average molecular weight is 788 g/mol. The van der Waals surface area contributed by atoms with Crippen LogP contribution in [0.4, 0.5) is 0 Å². The van der Waals surface area contributed by atoms with Gasteiger partial charge in [-0.3, -0.25) is 23.4 Å². The minimum absolute atomic E-state index is 0.157. The summed E-state index contributed by atoms with van der Waals surface area (Å²) in [5.41, 5.74) is 5.33. The van der Waals surface area contributed by atoms with Gasteiger partial charge in [-0.1, -0.05) is 147 Å². The molecular formula is C42H78NO10P. The van der Waals surface area contributed by atoms with Crippen molar-refractivity contribution < 1.29 is 47.5 Å². The molecule has 0 heterocycles. The molecule has 0 aromatic rings. The second-order valence-electron chi connectivity index (χ2n) is 14.6. The van der Waals surface area contributed by atoms with Crippen molar-refractivity contribution in [2.75, 3.05) is 19.8 Å². The van der Waals surface area contributed by atoms with Crippen LogP contribution in [-0.2, 0) is 37.5 Å². The van der Waals surface area contributed by atoms with Crippen LogP contribution >= 0.6 is 7.82 Å². The first-order valence-electron chi connectivity index (χ1n) is 21.3. The first kappa shape index (κ1) is 52.0. The fourth-order valence-corrected chi connectivity index (χ4v) is 6.70. The summed E-state index contributed by atoms with van der Waals surface area (Å²) >= 11 is 0. The summed E-state index contributed by atoms with van der Waals surface area (Å²) in [5.74, 6) is -2.38. The third-order valence-electron chi connectivity index (χ3n) is 9.32. The summed E-state index contributed by atoms with van der Waals surface area (Å²) in [4.78, 5) is 45.9. The molecule has 12 heteroatoms. The standard InChI is InChI=1S/C42H78NO10P/c1-3-5-7-9-11-13-15-17-19-21-23-25-27-29-31-33-40(44)50-35-38(36-51-54(48,49)52-37-39(43)42(46)47)53-41(45)34-32-30-28-26-24-22-20-18-16-14-12-10-8-6-4-2/h3,14,16,38-39H,1,4-13,15,17-37,43H2,2H3,(H,46,47)(H,48,49)/b16-14+/t38-,39+/m1/s1. The maximum atomic E-state index is 12.6. The number of hydrogen-bond donors (Lipinski definition) is 3. The Morgan fingerprint density at radius 3 is 1.48 bits per heavy atom. The number of carboxylic acids is 1.